The van der Waals surface area contributed by atoms with Crippen molar-refractivity contribution < 1.29 is 27.4 Å². The van der Waals surface area contributed by atoms with E-state index in [1.54, 1.807) is 24.3 Å². The van der Waals surface area contributed by atoms with Crippen LogP contribution in [0, 0.1) is 0 Å². The summed E-state index contributed by atoms with van der Waals surface area (Å²) >= 11 is 0. The first-order valence-electron chi connectivity index (χ1n) is 8.25. The number of para-hydroxylation sites is 2. The molecule has 9 heteroatoms. The van der Waals surface area contributed by atoms with Crippen LogP contribution >= 0.6 is 0 Å². The van der Waals surface area contributed by atoms with Crippen molar-refractivity contribution in [3.63, 3.8) is 0 Å². The minimum absolute atomic E-state index is 0.109. The number of ether oxygens (including phenoxy) is 2. The number of nitrogens with one attached hydrogen (secondary N) is 1. The SMILES string of the molecule is COc1ccccc1NC(=O)N1CCC(Oc2cc(C(F)(F)F)ccn2)C1. The quantitative estimate of drug-likeness (QED) is 0.875. The number of amides is 2. The van der Waals surface area contributed by atoms with Gasteiger partial charge in [0.05, 0.1) is 24.9 Å². The van der Waals surface area contributed by atoms with Crippen LogP contribution in [0.4, 0.5) is 23.7 Å². The number of nitrogens with zero attached hydrogens (tertiary/aromatic N) is 2. The number of anilines is 1. The Kier molecular flexibility index (Phi) is 5.38. The number of rotatable bonds is 4. The summed E-state index contributed by atoms with van der Waals surface area (Å²) in [4.78, 5) is 17.8. The Morgan fingerprint density at radius 3 is 2.81 bits per heavy atom. The average Bonchev–Trinajstić information content (AvgIpc) is 3.10. The Labute approximate surface area is 153 Å². The van der Waals surface area contributed by atoms with E-state index < -0.39 is 17.8 Å². The third-order valence-corrected chi connectivity index (χ3v) is 4.13. The molecule has 1 aromatic heterocycles. The predicted molar refractivity (Wildman–Crippen MR) is 91.9 cm³/mol. The molecule has 0 bridgehead atoms. The van der Waals surface area contributed by atoms with Gasteiger partial charge in [0.15, 0.2) is 0 Å². The van der Waals surface area contributed by atoms with Crippen LogP contribution in [0.5, 0.6) is 11.6 Å². The lowest BCUT2D eigenvalue weighted by Gasteiger charge is -2.19. The molecule has 3 rings (SSSR count). The summed E-state index contributed by atoms with van der Waals surface area (Å²) in [5.41, 5.74) is -0.287. The van der Waals surface area contributed by atoms with Crippen LogP contribution in [0.1, 0.15) is 12.0 Å². The van der Waals surface area contributed by atoms with Crippen LogP contribution in [0.3, 0.4) is 0 Å². The van der Waals surface area contributed by atoms with Crippen molar-refractivity contribution in [3.05, 3.63) is 48.2 Å². The van der Waals surface area contributed by atoms with Gasteiger partial charge in [-0.2, -0.15) is 13.2 Å². The summed E-state index contributed by atoms with van der Waals surface area (Å²) < 4.78 is 49.0. The van der Waals surface area contributed by atoms with Gasteiger partial charge >= 0.3 is 12.2 Å². The van der Waals surface area contributed by atoms with Crippen molar-refractivity contribution in [2.75, 3.05) is 25.5 Å². The van der Waals surface area contributed by atoms with Gasteiger partial charge in [-0.05, 0) is 18.2 Å². The van der Waals surface area contributed by atoms with Gasteiger partial charge in [0.25, 0.3) is 0 Å². The van der Waals surface area contributed by atoms with E-state index in [0.717, 1.165) is 18.3 Å². The summed E-state index contributed by atoms with van der Waals surface area (Å²) in [6.45, 7) is 0.670. The van der Waals surface area contributed by atoms with Crippen LogP contribution in [-0.2, 0) is 6.18 Å². The van der Waals surface area contributed by atoms with Crippen molar-refractivity contribution in [3.8, 4) is 11.6 Å². The zero-order valence-corrected chi connectivity index (χ0v) is 14.5. The fourth-order valence-corrected chi connectivity index (χ4v) is 2.77. The fraction of sp³-hybridized carbons (Fsp3) is 0.333. The maximum absolute atomic E-state index is 12.8. The number of benzene rings is 1. The van der Waals surface area contributed by atoms with Gasteiger partial charge in [0.1, 0.15) is 11.9 Å². The van der Waals surface area contributed by atoms with Crippen molar-refractivity contribution >= 4 is 11.7 Å². The standard InChI is InChI=1S/C18H18F3N3O3/c1-26-15-5-3-2-4-14(15)23-17(25)24-9-7-13(11-24)27-16-10-12(6-8-22-16)18(19,20)21/h2-6,8,10,13H,7,9,11H2,1H3,(H,23,25). The summed E-state index contributed by atoms with van der Waals surface area (Å²) in [5, 5.41) is 2.76. The monoisotopic (exact) mass is 381 g/mol. The van der Waals surface area contributed by atoms with Crippen LogP contribution in [0.25, 0.3) is 0 Å². The number of pyridine rings is 1. The Hall–Kier alpha value is -2.97. The first kappa shape index (κ1) is 18.8. The van der Waals surface area contributed by atoms with Crippen molar-refractivity contribution in [2.24, 2.45) is 0 Å². The molecule has 1 atom stereocenters. The summed E-state index contributed by atoms with van der Waals surface area (Å²) in [6.07, 6.45) is -3.34. The second-order valence-corrected chi connectivity index (χ2v) is 5.99. The van der Waals surface area contributed by atoms with Gasteiger partial charge in [-0.3, -0.25) is 0 Å². The lowest BCUT2D eigenvalue weighted by Crippen LogP contribution is -2.34. The van der Waals surface area contributed by atoms with Crippen LogP contribution in [0.15, 0.2) is 42.6 Å². The zero-order chi connectivity index (χ0) is 19.4. The topological polar surface area (TPSA) is 63.7 Å². The van der Waals surface area contributed by atoms with Crippen LogP contribution < -0.4 is 14.8 Å². The molecule has 1 aliphatic rings. The van der Waals surface area contributed by atoms with Gasteiger partial charge in [-0.15, -0.1) is 0 Å². The molecule has 2 amide bonds. The number of likely N-dealkylation sites (tertiary alicyclic amines) is 1. The minimum Gasteiger partial charge on any atom is -0.495 e. The summed E-state index contributed by atoms with van der Waals surface area (Å²) in [5.74, 6) is 0.424. The molecule has 1 fully saturated rings. The molecule has 0 saturated carbocycles. The molecule has 0 aliphatic carbocycles. The Morgan fingerprint density at radius 2 is 2.07 bits per heavy atom. The highest BCUT2D eigenvalue weighted by Gasteiger charge is 2.32. The van der Waals surface area contributed by atoms with Gasteiger partial charge in [0, 0.05) is 25.2 Å². The molecule has 1 aliphatic heterocycles. The summed E-state index contributed by atoms with van der Waals surface area (Å²) in [6, 6.07) is 8.41. The lowest BCUT2D eigenvalue weighted by atomic mass is 10.2. The highest BCUT2D eigenvalue weighted by Crippen LogP contribution is 2.31. The molecule has 144 valence electrons. The number of carbonyl (C=O) groups excluding carboxylic acids is 1. The van der Waals surface area contributed by atoms with Gasteiger partial charge in [-0.25, -0.2) is 9.78 Å². The maximum Gasteiger partial charge on any atom is 0.416 e. The largest absolute Gasteiger partial charge is 0.495 e. The first-order valence-corrected chi connectivity index (χ1v) is 8.25. The number of alkyl halides is 3. The molecule has 1 saturated heterocycles. The average molecular weight is 381 g/mol. The van der Waals surface area contributed by atoms with E-state index in [2.05, 4.69) is 10.3 Å². The van der Waals surface area contributed by atoms with Crippen molar-refractivity contribution in [1.29, 1.82) is 0 Å². The van der Waals surface area contributed by atoms with E-state index in [9.17, 15) is 18.0 Å². The number of urea groups is 1. The molecule has 1 unspecified atom stereocenters. The third-order valence-electron chi connectivity index (χ3n) is 4.13. The highest BCUT2D eigenvalue weighted by atomic mass is 19.4. The molecule has 1 aromatic carbocycles. The Balaban J connectivity index is 1.59. The lowest BCUT2D eigenvalue weighted by molar-refractivity contribution is -0.137. The highest BCUT2D eigenvalue weighted by molar-refractivity contribution is 5.91. The number of halogens is 3. The van der Waals surface area contributed by atoms with Gasteiger partial charge < -0.3 is 19.7 Å². The second kappa shape index (κ2) is 7.73. The van der Waals surface area contributed by atoms with Gasteiger partial charge in [-0.1, -0.05) is 12.1 Å². The Morgan fingerprint density at radius 1 is 1.30 bits per heavy atom. The zero-order valence-electron chi connectivity index (χ0n) is 14.5. The number of methoxy groups -OCH3 is 1. The predicted octanol–water partition coefficient (Wildman–Crippen LogP) is 3.79. The van der Waals surface area contributed by atoms with Gasteiger partial charge in [0.2, 0.25) is 5.88 Å². The number of aromatic nitrogens is 1. The van der Waals surface area contributed by atoms with E-state index in [0.29, 0.717) is 24.4 Å². The normalized spacial score (nSPS) is 16.9. The number of hydrogen-bond acceptors (Lipinski definition) is 4. The fourth-order valence-electron chi connectivity index (χ4n) is 2.77. The number of carbonyl (C=O) groups is 1. The second-order valence-electron chi connectivity index (χ2n) is 5.99. The number of hydrogen-bond donors (Lipinski definition) is 1. The molecule has 1 N–H and O–H groups in total. The first-order chi connectivity index (χ1) is 12.9. The molecular weight excluding hydrogens is 363 g/mol. The molecule has 6 nitrogen and oxygen atoms in total. The van der Waals surface area contributed by atoms with E-state index >= 15 is 0 Å². The maximum atomic E-state index is 12.8. The molecule has 2 aromatic rings. The van der Waals surface area contributed by atoms with E-state index in [1.807, 2.05) is 0 Å². The summed E-state index contributed by atoms with van der Waals surface area (Å²) in [7, 11) is 1.51. The molecule has 0 spiro atoms. The molecule has 0 radical (unpaired) electrons. The van der Waals surface area contributed by atoms with E-state index in [-0.39, 0.29) is 18.5 Å². The third kappa shape index (κ3) is 4.60. The molecule has 2 heterocycles. The van der Waals surface area contributed by atoms with E-state index in [4.69, 9.17) is 9.47 Å². The molecular formula is C18H18F3N3O3. The van der Waals surface area contributed by atoms with E-state index in [1.165, 1.54) is 12.0 Å². The van der Waals surface area contributed by atoms with Crippen molar-refractivity contribution in [1.82, 2.24) is 9.88 Å². The smallest absolute Gasteiger partial charge is 0.416 e. The minimum atomic E-state index is -4.46. The van der Waals surface area contributed by atoms with Crippen molar-refractivity contribution in [2.45, 2.75) is 18.7 Å². The van der Waals surface area contributed by atoms with Crippen LogP contribution in [0.2, 0.25) is 0 Å². The Bertz CT molecular complexity index is 814. The molecule has 27 heavy (non-hydrogen) atoms. The van der Waals surface area contributed by atoms with Crippen LogP contribution in [-0.4, -0.2) is 42.2 Å².